The number of carboxylic acid groups (broad SMARTS) is 1. The highest BCUT2D eigenvalue weighted by Crippen LogP contribution is 2.31. The Kier molecular flexibility index (Phi) is 10.0. The topological polar surface area (TPSA) is 74.6 Å². The summed E-state index contributed by atoms with van der Waals surface area (Å²) in [5, 5.41) is 18.7. The number of allylic oxidation sites excluding steroid dienone is 5. The van der Waals surface area contributed by atoms with Gasteiger partial charge < -0.3 is 10.2 Å². The van der Waals surface area contributed by atoms with Crippen LogP contribution in [0.2, 0.25) is 0 Å². The first-order valence-corrected chi connectivity index (χ1v) is 9.01. The van der Waals surface area contributed by atoms with Gasteiger partial charge in [0.2, 0.25) is 0 Å². The molecule has 0 aromatic heterocycles. The normalized spacial score (nSPS) is 23.1. The van der Waals surface area contributed by atoms with Crippen LogP contribution in [0, 0.1) is 5.92 Å². The van der Waals surface area contributed by atoms with E-state index in [4.69, 9.17) is 5.11 Å². The van der Waals surface area contributed by atoms with Gasteiger partial charge in [-0.1, -0.05) is 50.1 Å². The molecule has 1 fully saturated rings. The van der Waals surface area contributed by atoms with Gasteiger partial charge in [0.1, 0.15) is 0 Å². The lowest BCUT2D eigenvalue weighted by Crippen LogP contribution is -2.13. The Bertz CT molecular complexity index is 488. The van der Waals surface area contributed by atoms with E-state index >= 15 is 0 Å². The number of unbranched alkanes of at least 4 members (excludes halogenated alkanes) is 4. The van der Waals surface area contributed by atoms with Crippen LogP contribution < -0.4 is 0 Å². The maximum atomic E-state index is 12.0. The Morgan fingerprint density at radius 1 is 1.17 bits per heavy atom. The van der Waals surface area contributed by atoms with E-state index in [1.54, 1.807) is 0 Å². The van der Waals surface area contributed by atoms with E-state index in [0.717, 1.165) is 12.8 Å². The number of carboxylic acids is 1. The van der Waals surface area contributed by atoms with Gasteiger partial charge in [0.05, 0.1) is 6.10 Å². The highest BCUT2D eigenvalue weighted by Gasteiger charge is 2.35. The second kappa shape index (κ2) is 11.8. The number of hydrogen-bond acceptors (Lipinski definition) is 3. The molecule has 2 atom stereocenters. The Balaban J connectivity index is 2.48. The minimum absolute atomic E-state index is 0.0324. The number of carbonyl (C=O) groups excluding carboxylic acids is 1. The van der Waals surface area contributed by atoms with Gasteiger partial charge in [0, 0.05) is 24.3 Å². The van der Waals surface area contributed by atoms with E-state index in [2.05, 4.69) is 13.0 Å². The van der Waals surface area contributed by atoms with Crippen molar-refractivity contribution < 1.29 is 19.8 Å². The smallest absolute Gasteiger partial charge is 0.303 e. The molecular weight excluding hydrogens is 304 g/mol. The van der Waals surface area contributed by atoms with E-state index in [1.807, 2.05) is 24.3 Å². The van der Waals surface area contributed by atoms with Gasteiger partial charge >= 0.3 is 5.97 Å². The quantitative estimate of drug-likeness (QED) is 0.337. The molecule has 2 unspecified atom stereocenters. The van der Waals surface area contributed by atoms with Crippen LogP contribution in [0.15, 0.2) is 36.0 Å². The molecule has 0 aromatic carbocycles. The monoisotopic (exact) mass is 334 g/mol. The van der Waals surface area contributed by atoms with Crippen LogP contribution in [0.1, 0.15) is 64.7 Å². The third kappa shape index (κ3) is 7.73. The van der Waals surface area contributed by atoms with E-state index in [-0.39, 0.29) is 24.5 Å². The van der Waals surface area contributed by atoms with Gasteiger partial charge in [-0.05, 0) is 32.1 Å². The first-order chi connectivity index (χ1) is 11.6. The zero-order valence-electron chi connectivity index (χ0n) is 14.6. The van der Waals surface area contributed by atoms with Crippen molar-refractivity contribution >= 4 is 11.8 Å². The average molecular weight is 334 g/mol. The standard InChI is InChI=1S/C20H30O4/c1-2-3-4-5-6-9-12-16-17(19(22)15-18(16)21)13-10-7-8-11-14-20(23)24/h6-7,9-10,12,17,19,22H,2-5,8,11,13-15H2,1H3,(H,23,24)/b9-6+,10-7-,16-12+. The molecule has 2 N–H and O–H groups in total. The summed E-state index contributed by atoms with van der Waals surface area (Å²) in [5.41, 5.74) is 0.712. The van der Waals surface area contributed by atoms with Crippen molar-refractivity contribution in [3.8, 4) is 0 Å². The maximum Gasteiger partial charge on any atom is 0.303 e. The number of Topliss-reactive ketones (excluding diaryl/α,β-unsaturated/α-hetero) is 1. The van der Waals surface area contributed by atoms with E-state index in [0.29, 0.717) is 24.8 Å². The summed E-state index contributed by atoms with van der Waals surface area (Å²) in [4.78, 5) is 22.5. The first kappa shape index (κ1) is 20.4. The molecular formula is C20H30O4. The molecule has 1 aliphatic rings. The predicted octanol–water partition coefficient (Wildman–Crippen LogP) is 4.20. The molecule has 4 heteroatoms. The Hall–Kier alpha value is -1.68. The van der Waals surface area contributed by atoms with Crippen LogP contribution in [0.4, 0.5) is 0 Å². The number of rotatable bonds is 11. The lowest BCUT2D eigenvalue weighted by Gasteiger charge is -2.12. The van der Waals surface area contributed by atoms with Crippen LogP contribution in [0.5, 0.6) is 0 Å². The summed E-state index contributed by atoms with van der Waals surface area (Å²) < 4.78 is 0. The number of aliphatic hydroxyl groups excluding tert-OH is 1. The average Bonchev–Trinajstić information content (AvgIpc) is 2.80. The SMILES string of the molecule is CCCCC/C=C/C=C1/C(=O)CC(O)C1C/C=C\CCCC(=O)O. The van der Waals surface area contributed by atoms with Crippen molar-refractivity contribution in [3.63, 3.8) is 0 Å². The van der Waals surface area contributed by atoms with Crippen LogP contribution >= 0.6 is 0 Å². The molecule has 0 saturated heterocycles. The number of aliphatic carboxylic acids is 1. The number of aliphatic hydroxyl groups is 1. The van der Waals surface area contributed by atoms with Crippen LogP contribution in [0.3, 0.4) is 0 Å². The molecule has 0 spiro atoms. The van der Waals surface area contributed by atoms with Crippen molar-refractivity contribution in [1.29, 1.82) is 0 Å². The highest BCUT2D eigenvalue weighted by atomic mass is 16.4. The molecule has 134 valence electrons. The molecule has 24 heavy (non-hydrogen) atoms. The zero-order valence-corrected chi connectivity index (χ0v) is 14.6. The Morgan fingerprint density at radius 2 is 1.92 bits per heavy atom. The second-order valence-corrected chi connectivity index (χ2v) is 6.34. The molecule has 0 amide bonds. The molecule has 1 aliphatic carbocycles. The third-order valence-electron chi connectivity index (χ3n) is 4.28. The molecule has 0 heterocycles. The molecule has 4 nitrogen and oxygen atoms in total. The van der Waals surface area contributed by atoms with E-state index in [1.165, 1.54) is 12.8 Å². The summed E-state index contributed by atoms with van der Waals surface area (Å²) in [5.74, 6) is -0.894. The van der Waals surface area contributed by atoms with Crippen molar-refractivity contribution in [2.45, 2.75) is 70.8 Å². The largest absolute Gasteiger partial charge is 0.481 e. The number of hydrogen-bond donors (Lipinski definition) is 2. The summed E-state index contributed by atoms with van der Waals surface area (Å²) in [7, 11) is 0. The molecule has 1 rings (SSSR count). The zero-order chi connectivity index (χ0) is 17.8. The van der Waals surface area contributed by atoms with Gasteiger partial charge in [0.15, 0.2) is 5.78 Å². The van der Waals surface area contributed by atoms with Gasteiger partial charge in [-0.2, -0.15) is 0 Å². The van der Waals surface area contributed by atoms with Crippen LogP contribution in [-0.4, -0.2) is 28.1 Å². The molecule has 0 bridgehead atoms. The minimum atomic E-state index is -0.781. The second-order valence-electron chi connectivity index (χ2n) is 6.34. The lowest BCUT2D eigenvalue weighted by atomic mass is 9.96. The molecule has 0 aromatic rings. The summed E-state index contributed by atoms with van der Waals surface area (Å²) in [6.45, 7) is 2.17. The Labute approximate surface area is 145 Å². The predicted molar refractivity (Wildman–Crippen MR) is 95.7 cm³/mol. The number of carbonyl (C=O) groups is 2. The molecule has 0 radical (unpaired) electrons. The van der Waals surface area contributed by atoms with E-state index in [9.17, 15) is 14.7 Å². The molecule has 0 aliphatic heterocycles. The van der Waals surface area contributed by atoms with Crippen LogP contribution in [0.25, 0.3) is 0 Å². The fourth-order valence-corrected chi connectivity index (χ4v) is 2.88. The first-order valence-electron chi connectivity index (χ1n) is 9.01. The van der Waals surface area contributed by atoms with Crippen molar-refractivity contribution in [2.75, 3.05) is 0 Å². The fraction of sp³-hybridized carbons (Fsp3) is 0.600. The minimum Gasteiger partial charge on any atom is -0.481 e. The lowest BCUT2D eigenvalue weighted by molar-refractivity contribution is -0.137. The fourth-order valence-electron chi connectivity index (χ4n) is 2.88. The number of ketones is 1. The van der Waals surface area contributed by atoms with E-state index < -0.39 is 12.1 Å². The van der Waals surface area contributed by atoms with Crippen molar-refractivity contribution in [2.24, 2.45) is 5.92 Å². The van der Waals surface area contributed by atoms with Gasteiger partial charge in [-0.15, -0.1) is 0 Å². The van der Waals surface area contributed by atoms with Gasteiger partial charge in [-0.25, -0.2) is 0 Å². The van der Waals surface area contributed by atoms with Crippen molar-refractivity contribution in [1.82, 2.24) is 0 Å². The maximum absolute atomic E-state index is 12.0. The van der Waals surface area contributed by atoms with Gasteiger partial charge in [0.25, 0.3) is 0 Å². The third-order valence-corrected chi connectivity index (χ3v) is 4.28. The van der Waals surface area contributed by atoms with Gasteiger partial charge in [-0.3, -0.25) is 9.59 Å². The van der Waals surface area contributed by atoms with Crippen molar-refractivity contribution in [3.05, 3.63) is 36.0 Å². The van der Waals surface area contributed by atoms with Crippen LogP contribution in [-0.2, 0) is 9.59 Å². The summed E-state index contributed by atoms with van der Waals surface area (Å²) in [6, 6.07) is 0. The molecule has 1 saturated carbocycles. The Morgan fingerprint density at radius 3 is 2.62 bits per heavy atom. The summed E-state index contributed by atoms with van der Waals surface area (Å²) >= 11 is 0. The summed E-state index contributed by atoms with van der Waals surface area (Å²) in [6.07, 6.45) is 16.1. The highest BCUT2D eigenvalue weighted by molar-refractivity contribution is 5.99.